The zero-order valence-corrected chi connectivity index (χ0v) is 29.1. The Balaban J connectivity index is 0.000000308. The van der Waals surface area contributed by atoms with Crippen molar-refractivity contribution in [3.63, 3.8) is 0 Å². The molecule has 1 amide bonds. The predicted molar refractivity (Wildman–Crippen MR) is 183 cm³/mol. The summed E-state index contributed by atoms with van der Waals surface area (Å²) in [6, 6.07) is 8.38. The average Bonchev–Trinajstić information content (AvgIpc) is 2.99. The van der Waals surface area contributed by atoms with Crippen LogP contribution in [0.2, 0.25) is 0 Å². The number of carbonyl (C=O) groups is 2. The van der Waals surface area contributed by atoms with Crippen LogP contribution < -0.4 is 5.56 Å². The van der Waals surface area contributed by atoms with E-state index >= 15 is 0 Å². The van der Waals surface area contributed by atoms with E-state index in [0.29, 0.717) is 5.56 Å². The van der Waals surface area contributed by atoms with Gasteiger partial charge in [-0.15, -0.1) is 0 Å². The molecule has 3 aromatic rings. The molecule has 0 aliphatic carbocycles. The molecule has 238 valence electrons. The standard InChI is InChI=1S/C19H28N2O2.C18H24N2O/c1-7-10-14(5)20-21(6)19(23)18(22)17-15(8-2)11-13(4)12-16(17)9-3;1-7-14-9-11(3)10-15(8-2)17(14)16-12(4)13(5)19-20(6)18(16)21/h11-12H,7-10H2,1-6H3;9-10H,7-8H2,1-6H3. The number of hydrogen-bond donors (Lipinski definition) is 0. The van der Waals surface area contributed by atoms with Crippen LogP contribution in [-0.2, 0) is 37.5 Å². The van der Waals surface area contributed by atoms with Gasteiger partial charge < -0.3 is 0 Å². The molecule has 0 saturated carbocycles. The number of benzene rings is 2. The number of hydrazone groups is 1. The van der Waals surface area contributed by atoms with Crippen LogP contribution in [0.3, 0.4) is 0 Å². The van der Waals surface area contributed by atoms with Crippen molar-refractivity contribution in [2.24, 2.45) is 12.1 Å². The van der Waals surface area contributed by atoms with Crippen LogP contribution in [0, 0.1) is 27.7 Å². The molecule has 0 radical (unpaired) electrons. The van der Waals surface area contributed by atoms with Gasteiger partial charge in [-0.1, -0.05) is 76.4 Å². The number of ketones is 1. The minimum absolute atomic E-state index is 0.00801. The largest absolute Gasteiger partial charge is 0.314 e. The van der Waals surface area contributed by atoms with E-state index in [1.54, 1.807) is 14.1 Å². The molecule has 0 saturated heterocycles. The van der Waals surface area contributed by atoms with E-state index in [-0.39, 0.29) is 5.56 Å². The van der Waals surface area contributed by atoms with Gasteiger partial charge in [0.15, 0.2) is 0 Å². The predicted octanol–water partition coefficient (Wildman–Crippen LogP) is 7.43. The second-order valence-electron chi connectivity index (χ2n) is 11.6. The Morgan fingerprint density at radius 1 is 0.795 bits per heavy atom. The molecule has 0 N–H and O–H groups in total. The number of hydrogen-bond acceptors (Lipinski definition) is 5. The summed E-state index contributed by atoms with van der Waals surface area (Å²) in [5, 5.41) is 9.69. The van der Waals surface area contributed by atoms with Gasteiger partial charge in [0.1, 0.15) is 0 Å². The summed E-state index contributed by atoms with van der Waals surface area (Å²) in [5.41, 5.74) is 12.0. The van der Waals surface area contributed by atoms with Crippen LogP contribution in [0.5, 0.6) is 0 Å². The van der Waals surface area contributed by atoms with Gasteiger partial charge in [-0.25, -0.2) is 9.69 Å². The number of aryl methyl sites for hydroxylation is 8. The van der Waals surface area contributed by atoms with E-state index in [1.807, 2.05) is 53.7 Å². The van der Waals surface area contributed by atoms with Gasteiger partial charge in [0.05, 0.1) is 11.3 Å². The van der Waals surface area contributed by atoms with Gasteiger partial charge in [0.2, 0.25) is 0 Å². The number of Topliss-reactive ketones (excluding diaryl/α,β-unsaturated/α-hetero) is 1. The first-order valence-corrected chi connectivity index (χ1v) is 15.9. The van der Waals surface area contributed by atoms with Crippen LogP contribution in [0.15, 0.2) is 34.2 Å². The maximum atomic E-state index is 12.7. The normalized spacial score (nSPS) is 11.2. The third kappa shape index (κ3) is 8.40. The number of nitrogens with zero attached hydrogens (tertiary/aromatic N) is 4. The molecule has 0 bridgehead atoms. The third-order valence-electron chi connectivity index (χ3n) is 8.04. The van der Waals surface area contributed by atoms with Crippen molar-refractivity contribution in [1.29, 1.82) is 0 Å². The van der Waals surface area contributed by atoms with Gasteiger partial charge in [-0.3, -0.25) is 14.4 Å². The summed E-state index contributed by atoms with van der Waals surface area (Å²) in [6.07, 6.45) is 5.08. The van der Waals surface area contributed by atoms with Crippen LogP contribution in [-0.4, -0.2) is 39.2 Å². The highest BCUT2D eigenvalue weighted by Gasteiger charge is 2.25. The molecule has 2 aromatic carbocycles. The zero-order chi connectivity index (χ0) is 33.3. The Bertz CT molecular complexity index is 1550. The highest BCUT2D eigenvalue weighted by atomic mass is 16.2. The average molecular weight is 601 g/mol. The van der Waals surface area contributed by atoms with Gasteiger partial charge in [-0.2, -0.15) is 10.2 Å². The Morgan fingerprint density at radius 2 is 1.25 bits per heavy atom. The van der Waals surface area contributed by atoms with E-state index in [4.69, 9.17) is 0 Å². The third-order valence-corrected chi connectivity index (χ3v) is 8.04. The molecule has 0 atom stereocenters. The molecule has 0 unspecified atom stereocenters. The quantitative estimate of drug-likeness (QED) is 0.105. The van der Waals surface area contributed by atoms with Crippen molar-refractivity contribution >= 4 is 17.4 Å². The lowest BCUT2D eigenvalue weighted by atomic mass is 9.88. The molecule has 0 fully saturated rings. The fraction of sp³-hybridized carbons (Fsp3) is 0.486. The summed E-state index contributed by atoms with van der Waals surface area (Å²) >= 11 is 0. The monoisotopic (exact) mass is 600 g/mol. The molecule has 7 heteroatoms. The lowest BCUT2D eigenvalue weighted by molar-refractivity contribution is -0.125. The van der Waals surface area contributed by atoms with Crippen molar-refractivity contribution in [3.05, 3.63) is 84.8 Å². The minimum atomic E-state index is -0.575. The van der Waals surface area contributed by atoms with Crippen molar-refractivity contribution < 1.29 is 9.59 Å². The van der Waals surface area contributed by atoms with Crippen molar-refractivity contribution in [3.8, 4) is 11.1 Å². The second-order valence-corrected chi connectivity index (χ2v) is 11.6. The molecule has 3 rings (SSSR count). The maximum absolute atomic E-state index is 12.7. The molecule has 44 heavy (non-hydrogen) atoms. The number of amides is 1. The number of rotatable bonds is 10. The summed E-state index contributed by atoms with van der Waals surface area (Å²) in [4.78, 5) is 37.9. The lowest BCUT2D eigenvalue weighted by Crippen LogP contribution is -2.31. The van der Waals surface area contributed by atoms with Crippen LogP contribution in [0.1, 0.15) is 109 Å². The minimum Gasteiger partial charge on any atom is -0.283 e. The van der Waals surface area contributed by atoms with E-state index in [1.165, 1.54) is 26.4 Å². The van der Waals surface area contributed by atoms with Crippen molar-refractivity contribution in [2.75, 3.05) is 7.05 Å². The van der Waals surface area contributed by atoms with Crippen molar-refractivity contribution in [1.82, 2.24) is 14.8 Å². The van der Waals surface area contributed by atoms with Crippen LogP contribution >= 0.6 is 0 Å². The van der Waals surface area contributed by atoms with E-state index in [9.17, 15) is 14.4 Å². The molecular weight excluding hydrogens is 548 g/mol. The molecule has 0 aliphatic heterocycles. The summed E-state index contributed by atoms with van der Waals surface area (Å²) < 4.78 is 1.45. The fourth-order valence-electron chi connectivity index (χ4n) is 5.72. The highest BCUT2D eigenvalue weighted by Crippen LogP contribution is 2.31. The van der Waals surface area contributed by atoms with Gasteiger partial charge in [0, 0.05) is 25.4 Å². The topological polar surface area (TPSA) is 84.6 Å². The fourth-order valence-corrected chi connectivity index (χ4v) is 5.72. The Labute approximate surface area is 264 Å². The summed E-state index contributed by atoms with van der Waals surface area (Å²) in [5.74, 6) is -1.04. The molecule has 0 spiro atoms. The Kier molecular flexibility index (Phi) is 13.4. The van der Waals surface area contributed by atoms with Gasteiger partial charge in [-0.05, 0) is 100 Å². The van der Waals surface area contributed by atoms with Gasteiger partial charge >= 0.3 is 5.91 Å². The van der Waals surface area contributed by atoms with Crippen LogP contribution in [0.25, 0.3) is 11.1 Å². The number of likely N-dealkylation sites (N-methyl/N-ethyl adjacent to an activating group) is 1. The smallest absolute Gasteiger partial charge is 0.283 e. The molecule has 1 aromatic heterocycles. The second kappa shape index (κ2) is 16.3. The van der Waals surface area contributed by atoms with E-state index < -0.39 is 11.7 Å². The molecule has 1 heterocycles. The van der Waals surface area contributed by atoms with Gasteiger partial charge in [0.25, 0.3) is 11.3 Å². The van der Waals surface area contributed by atoms with Crippen LogP contribution in [0.4, 0.5) is 0 Å². The first kappa shape index (κ1) is 36.3. The van der Waals surface area contributed by atoms with E-state index in [0.717, 1.165) is 83.3 Å². The number of carbonyl (C=O) groups excluding carboxylic acids is 2. The Morgan fingerprint density at radius 3 is 1.68 bits per heavy atom. The number of aromatic nitrogens is 2. The SMILES string of the molecule is CCCC(C)=NN(C)C(=O)C(=O)c1c(CC)cc(C)cc1CC.CCc1cc(C)cc(CC)c1-c1c(C)c(C)nn(C)c1=O. The zero-order valence-electron chi connectivity index (χ0n) is 29.1. The Hall–Kier alpha value is -3.87. The summed E-state index contributed by atoms with van der Waals surface area (Å²) in [6.45, 7) is 20.3. The van der Waals surface area contributed by atoms with Crippen molar-refractivity contribution in [2.45, 2.75) is 108 Å². The first-order chi connectivity index (χ1) is 20.7. The summed E-state index contributed by atoms with van der Waals surface area (Å²) in [7, 11) is 3.27. The lowest BCUT2D eigenvalue weighted by Gasteiger charge is -2.17. The molecule has 7 nitrogen and oxygen atoms in total. The maximum Gasteiger partial charge on any atom is 0.314 e. The first-order valence-electron chi connectivity index (χ1n) is 15.9. The van der Waals surface area contributed by atoms with E-state index in [2.05, 4.69) is 50.0 Å². The highest BCUT2D eigenvalue weighted by molar-refractivity contribution is 6.43. The molecule has 0 aliphatic rings. The molecular formula is C37H52N4O3.